The van der Waals surface area contributed by atoms with Crippen LogP contribution in [0.3, 0.4) is 0 Å². The molecule has 0 fully saturated rings. The normalized spacial score (nSPS) is 11.5. The number of hydrogen-bond acceptors (Lipinski definition) is 3. The maximum absolute atomic E-state index is 5.09. The number of hydrogen-bond donors (Lipinski definition) is 0. The summed E-state index contributed by atoms with van der Waals surface area (Å²) in [6.07, 6.45) is 3.87. The molecule has 2 aromatic carbocycles. The Kier molecular flexibility index (Phi) is 20.0. The number of aliphatic imine (C=N–C) groups is 2. The summed E-state index contributed by atoms with van der Waals surface area (Å²) in [6, 6.07) is 13.6. The van der Waals surface area contributed by atoms with Gasteiger partial charge < -0.3 is 37.2 Å². The van der Waals surface area contributed by atoms with Crippen molar-refractivity contribution in [3.05, 3.63) is 86.7 Å². The third kappa shape index (κ3) is 11.8. The second-order valence-electron chi connectivity index (χ2n) is 13.5. The fourth-order valence-electron chi connectivity index (χ4n) is 5.25. The zero-order valence-electron chi connectivity index (χ0n) is 29.4. The zero-order chi connectivity index (χ0) is 30.6. The van der Waals surface area contributed by atoms with Crippen molar-refractivity contribution in [1.82, 2.24) is 4.98 Å². The second-order valence-corrected chi connectivity index (χ2v) is 13.5. The molecule has 0 aliphatic rings. The maximum atomic E-state index is 5.09. The van der Waals surface area contributed by atoms with E-state index < -0.39 is 0 Å². The largest absolute Gasteiger partial charge is 3.00 e. The minimum absolute atomic E-state index is 0. The Balaban J connectivity index is 0. The third-order valence-corrected chi connectivity index (χ3v) is 7.86. The molecule has 45 heavy (non-hydrogen) atoms. The maximum Gasteiger partial charge on any atom is 3.00 e. The molecule has 0 radical (unpaired) electrons. The van der Waals surface area contributed by atoms with Crippen molar-refractivity contribution in [2.45, 2.75) is 126 Å². The molecule has 0 spiro atoms. The van der Waals surface area contributed by atoms with Crippen LogP contribution in [0.5, 0.6) is 0 Å². The predicted molar refractivity (Wildman–Crippen MR) is 181 cm³/mol. The van der Waals surface area contributed by atoms with Gasteiger partial charge in [-0.3, -0.25) is 9.98 Å². The number of benzene rings is 2. The van der Waals surface area contributed by atoms with E-state index in [9.17, 15) is 0 Å². The average molecular weight is 717 g/mol. The minimum Gasteiger partial charge on any atom is -1.00 e. The molecule has 0 bridgehead atoms. The molecule has 0 saturated heterocycles. The van der Waals surface area contributed by atoms with Crippen LogP contribution in [-0.2, 0) is 16.8 Å². The number of halogens is 3. The van der Waals surface area contributed by atoms with Gasteiger partial charge in [0, 0.05) is 0 Å². The topological polar surface area (TPSA) is 37.6 Å². The van der Waals surface area contributed by atoms with E-state index in [1.807, 2.05) is 12.4 Å². The van der Waals surface area contributed by atoms with Crippen LogP contribution in [-0.4, -0.2) is 17.4 Å². The monoisotopic (exact) mass is 715 g/mol. The van der Waals surface area contributed by atoms with Gasteiger partial charge in [-0.2, -0.15) is 0 Å². The molecule has 0 aliphatic carbocycles. The first-order chi connectivity index (χ1) is 19.2. The first-order valence-corrected chi connectivity index (χ1v) is 15.6. The molecule has 0 amide bonds. The first kappa shape index (κ1) is 45.4. The van der Waals surface area contributed by atoms with E-state index in [0.29, 0.717) is 35.5 Å². The van der Waals surface area contributed by atoms with Crippen LogP contribution in [0.25, 0.3) is 0 Å². The van der Waals surface area contributed by atoms with Gasteiger partial charge in [-0.25, -0.2) is 4.98 Å². The Bertz CT molecular complexity index is 1260. The predicted octanol–water partition coefficient (Wildman–Crippen LogP) is 2.64. The van der Waals surface area contributed by atoms with Gasteiger partial charge in [0.2, 0.25) is 0 Å². The van der Waals surface area contributed by atoms with E-state index >= 15 is 0 Å². The van der Waals surface area contributed by atoms with Crippen LogP contribution in [0.1, 0.15) is 169 Å². The summed E-state index contributed by atoms with van der Waals surface area (Å²) in [5, 5.41) is 0. The van der Waals surface area contributed by atoms with Crippen LogP contribution in [0.4, 0.5) is 11.4 Å². The molecule has 1 heterocycles. The summed E-state index contributed by atoms with van der Waals surface area (Å²) in [5.41, 5.74) is 13.0. The van der Waals surface area contributed by atoms with Gasteiger partial charge in [-0.1, -0.05) is 107 Å². The molecule has 0 unspecified atom stereocenters. The van der Waals surface area contributed by atoms with Crippen LogP contribution in [0, 0.1) is 6.92 Å². The summed E-state index contributed by atoms with van der Waals surface area (Å²) in [6.45, 7) is 29.2. The summed E-state index contributed by atoms with van der Waals surface area (Å²) >= 11 is 0. The smallest absolute Gasteiger partial charge is 1.00 e. The Morgan fingerprint density at radius 1 is 0.467 bits per heavy atom. The molecule has 0 saturated carbocycles. The average Bonchev–Trinajstić information content (AvgIpc) is 2.88. The van der Waals surface area contributed by atoms with Gasteiger partial charge in [0.25, 0.3) is 0 Å². The van der Waals surface area contributed by atoms with E-state index in [4.69, 9.17) is 15.0 Å². The van der Waals surface area contributed by atoms with Crippen LogP contribution < -0.4 is 37.2 Å². The molecule has 0 atom stereocenters. The van der Waals surface area contributed by atoms with Crippen molar-refractivity contribution in [3.63, 3.8) is 0 Å². The Morgan fingerprint density at radius 3 is 0.956 bits per heavy atom. The molecule has 250 valence electrons. The van der Waals surface area contributed by atoms with Gasteiger partial charge in [0.05, 0.1) is 35.2 Å². The molecule has 1 aromatic heterocycles. The van der Waals surface area contributed by atoms with E-state index in [1.54, 1.807) is 0 Å². The van der Waals surface area contributed by atoms with Crippen LogP contribution in [0.15, 0.2) is 46.4 Å². The Morgan fingerprint density at radius 2 is 0.733 bits per heavy atom. The molecule has 0 aliphatic heterocycles. The number of nitrogens with zero attached hydrogens (tertiary/aromatic N) is 3. The van der Waals surface area contributed by atoms with Gasteiger partial charge in [0.15, 0.2) is 0 Å². The molecule has 3 aromatic rings. The Hall–Kier alpha value is -1.69. The van der Waals surface area contributed by atoms with Gasteiger partial charge in [-0.05, 0) is 93.5 Å². The van der Waals surface area contributed by atoms with Crippen LogP contribution in [0.2, 0.25) is 0 Å². The SMILES string of the molecule is Cc1cc(C=Nc2c(C(C)C)cc(C(C)C)cc2C(C)C)nc(C=Nc2c(C(C)C)cc(C(C)C)cc2C(C)C)c1.[Cl-].[Cl-].[Cl-].[Co+3]. The summed E-state index contributed by atoms with van der Waals surface area (Å²) in [4.78, 5) is 15.1. The molecular formula is C38H53Cl3CoN3. The fraction of sp³-hybridized carbons (Fsp3) is 0.500. The fourth-order valence-corrected chi connectivity index (χ4v) is 5.25. The van der Waals surface area contributed by atoms with E-state index in [0.717, 1.165) is 28.3 Å². The van der Waals surface area contributed by atoms with Gasteiger partial charge >= 0.3 is 16.8 Å². The summed E-state index contributed by atoms with van der Waals surface area (Å²) in [7, 11) is 0. The zero-order valence-corrected chi connectivity index (χ0v) is 32.7. The van der Waals surface area contributed by atoms with Crippen molar-refractivity contribution in [3.8, 4) is 0 Å². The first-order valence-electron chi connectivity index (χ1n) is 15.6. The molecular weight excluding hydrogens is 664 g/mol. The van der Waals surface area contributed by atoms with E-state index in [1.165, 1.54) is 33.4 Å². The number of aromatic nitrogens is 1. The standard InChI is InChI=1S/C38H53N3.3ClH.Co/c1-22(2)29-16-33(24(5)6)37(34(17-29)25(7)8)39-20-31-14-28(13)15-32(41-31)21-40-38-35(26(9)10)18-30(23(3)4)19-36(38)27(11)12;;;;/h14-27H,1-13H3;3*1H;/q;;;;+3/p-3. The van der Waals surface area contributed by atoms with Crippen molar-refractivity contribution >= 4 is 23.8 Å². The third-order valence-electron chi connectivity index (χ3n) is 7.86. The van der Waals surface area contributed by atoms with Gasteiger partial charge in [0.1, 0.15) is 0 Å². The number of rotatable bonds is 10. The quantitative estimate of drug-likeness (QED) is 0.298. The number of aryl methyl sites for hydroxylation is 1. The number of pyridine rings is 1. The molecule has 3 nitrogen and oxygen atoms in total. The molecule has 0 N–H and O–H groups in total. The van der Waals surface area contributed by atoms with Crippen molar-refractivity contribution in [1.29, 1.82) is 0 Å². The molecule has 7 heteroatoms. The van der Waals surface area contributed by atoms with Crippen molar-refractivity contribution < 1.29 is 54.0 Å². The van der Waals surface area contributed by atoms with Gasteiger partial charge in [-0.15, -0.1) is 0 Å². The van der Waals surface area contributed by atoms with E-state index in [-0.39, 0.29) is 54.0 Å². The minimum atomic E-state index is 0. The Labute approximate surface area is 303 Å². The van der Waals surface area contributed by atoms with Crippen LogP contribution >= 0.6 is 0 Å². The second kappa shape index (κ2) is 19.8. The summed E-state index contributed by atoms with van der Waals surface area (Å²) in [5.74, 6) is 2.52. The summed E-state index contributed by atoms with van der Waals surface area (Å²) < 4.78 is 0. The van der Waals surface area contributed by atoms with E-state index in [2.05, 4.69) is 126 Å². The van der Waals surface area contributed by atoms with Crippen molar-refractivity contribution in [2.24, 2.45) is 9.98 Å². The molecule has 3 rings (SSSR count). The van der Waals surface area contributed by atoms with Crippen molar-refractivity contribution in [2.75, 3.05) is 0 Å².